The largest absolute Gasteiger partial charge is 0.454 e. The van der Waals surface area contributed by atoms with Gasteiger partial charge in [0.15, 0.2) is 16.4 Å². The summed E-state index contributed by atoms with van der Waals surface area (Å²) in [5.74, 6) is 0.654. The van der Waals surface area contributed by atoms with Gasteiger partial charge < -0.3 is 15.4 Å². The molecular weight excluding hydrogens is 396 g/mol. The molecule has 0 unspecified atom stereocenters. The molecule has 2 N–H and O–H groups in total. The van der Waals surface area contributed by atoms with E-state index in [1.165, 1.54) is 19.3 Å². The van der Waals surface area contributed by atoms with E-state index >= 15 is 0 Å². The van der Waals surface area contributed by atoms with Crippen molar-refractivity contribution in [1.82, 2.24) is 10.6 Å². The molecule has 0 aromatic heterocycles. The lowest BCUT2D eigenvalue weighted by Gasteiger charge is -2.55. The standard InChI is InChI=1S/C20H30N2O6S/c1-12(18(24)28-10-17(23)22-16-2-3-29(26,27)11-16)21-19(25)20-7-13-4-14(8-20)6-15(5-13)9-20/h12-16H,2-11H2,1H3,(H,21,25)(H,22,23)/t12-,13?,14?,15?,16+,20?/m0/s1. The molecule has 0 spiro atoms. The maximum Gasteiger partial charge on any atom is 0.328 e. The Bertz CT molecular complexity index is 773. The van der Waals surface area contributed by atoms with E-state index in [0.29, 0.717) is 24.2 Å². The topological polar surface area (TPSA) is 119 Å². The highest BCUT2D eigenvalue weighted by molar-refractivity contribution is 7.91. The molecular formula is C20H30N2O6S. The third-order valence-corrected chi connectivity index (χ3v) is 8.93. The molecule has 4 aliphatic carbocycles. The summed E-state index contributed by atoms with van der Waals surface area (Å²) in [4.78, 5) is 37.1. The summed E-state index contributed by atoms with van der Waals surface area (Å²) in [6, 6.07) is -1.26. The van der Waals surface area contributed by atoms with E-state index in [1.54, 1.807) is 6.92 Å². The minimum Gasteiger partial charge on any atom is -0.454 e. The van der Waals surface area contributed by atoms with Gasteiger partial charge >= 0.3 is 5.97 Å². The summed E-state index contributed by atoms with van der Waals surface area (Å²) in [6.45, 7) is 1.09. The first kappa shape index (κ1) is 20.6. The predicted molar refractivity (Wildman–Crippen MR) is 104 cm³/mol. The van der Waals surface area contributed by atoms with Crippen molar-refractivity contribution in [3.8, 4) is 0 Å². The van der Waals surface area contributed by atoms with Gasteiger partial charge in [0, 0.05) is 11.5 Å². The summed E-state index contributed by atoms with van der Waals surface area (Å²) in [6.07, 6.45) is 6.84. The van der Waals surface area contributed by atoms with Crippen molar-refractivity contribution >= 4 is 27.6 Å². The van der Waals surface area contributed by atoms with Crippen molar-refractivity contribution in [2.75, 3.05) is 18.1 Å². The second-order valence-corrected chi connectivity index (χ2v) is 11.9. The molecule has 0 radical (unpaired) electrons. The Morgan fingerprint density at radius 2 is 1.66 bits per heavy atom. The maximum absolute atomic E-state index is 13.0. The Hall–Kier alpha value is -1.64. The molecule has 0 aromatic rings. The van der Waals surface area contributed by atoms with Gasteiger partial charge in [0.25, 0.3) is 5.91 Å². The van der Waals surface area contributed by atoms with Gasteiger partial charge in [-0.1, -0.05) is 0 Å². The number of amides is 2. The van der Waals surface area contributed by atoms with Crippen LogP contribution in [0.5, 0.6) is 0 Å². The zero-order valence-corrected chi connectivity index (χ0v) is 17.6. The predicted octanol–water partition coefficient (Wildman–Crippen LogP) is 0.554. The lowest BCUT2D eigenvalue weighted by Crippen LogP contribution is -2.56. The molecule has 5 fully saturated rings. The molecule has 0 aromatic carbocycles. The first-order valence-corrected chi connectivity index (χ1v) is 12.4. The fourth-order valence-corrected chi connectivity index (χ4v) is 7.91. The van der Waals surface area contributed by atoms with Gasteiger partial charge in [0.2, 0.25) is 5.91 Å². The van der Waals surface area contributed by atoms with Crippen molar-refractivity contribution < 1.29 is 27.5 Å². The Morgan fingerprint density at radius 3 is 2.17 bits per heavy atom. The van der Waals surface area contributed by atoms with Crippen LogP contribution in [0.15, 0.2) is 0 Å². The van der Waals surface area contributed by atoms with E-state index < -0.39 is 40.4 Å². The minimum atomic E-state index is -3.09. The molecule has 2 atom stereocenters. The highest BCUT2D eigenvalue weighted by Gasteiger charge is 2.54. The lowest BCUT2D eigenvalue weighted by atomic mass is 9.49. The first-order chi connectivity index (χ1) is 13.6. The van der Waals surface area contributed by atoms with Crippen LogP contribution in [0.4, 0.5) is 0 Å². The fourth-order valence-electron chi connectivity index (χ4n) is 6.24. The van der Waals surface area contributed by atoms with Crippen molar-refractivity contribution in [1.29, 1.82) is 0 Å². The Morgan fingerprint density at radius 1 is 1.07 bits per heavy atom. The quantitative estimate of drug-likeness (QED) is 0.599. The molecule has 4 saturated carbocycles. The lowest BCUT2D eigenvalue weighted by molar-refractivity contribution is -0.155. The molecule has 162 valence electrons. The summed E-state index contributed by atoms with van der Waals surface area (Å²) in [5.41, 5.74) is -0.339. The third-order valence-electron chi connectivity index (χ3n) is 7.16. The first-order valence-electron chi connectivity index (χ1n) is 10.6. The van der Waals surface area contributed by atoms with Crippen LogP contribution >= 0.6 is 0 Å². The number of carbonyl (C=O) groups excluding carboxylic acids is 3. The highest BCUT2D eigenvalue weighted by Crippen LogP contribution is 2.60. The molecule has 1 aliphatic heterocycles. The molecule has 1 saturated heterocycles. The van der Waals surface area contributed by atoms with Crippen LogP contribution in [-0.4, -0.2) is 56.4 Å². The number of sulfone groups is 1. The number of esters is 1. The number of carbonyl (C=O) groups is 3. The van der Waals surface area contributed by atoms with E-state index in [1.807, 2.05) is 0 Å². The van der Waals surface area contributed by atoms with Crippen LogP contribution in [0.1, 0.15) is 51.9 Å². The Balaban J connectivity index is 1.23. The summed E-state index contributed by atoms with van der Waals surface area (Å²) in [5, 5.41) is 5.40. The van der Waals surface area contributed by atoms with Gasteiger partial charge in [0.1, 0.15) is 6.04 Å². The van der Waals surface area contributed by atoms with E-state index in [2.05, 4.69) is 10.6 Å². The fraction of sp³-hybridized carbons (Fsp3) is 0.850. The molecule has 2 amide bonds. The van der Waals surface area contributed by atoms with Gasteiger partial charge in [0.05, 0.1) is 11.5 Å². The molecule has 5 aliphatic rings. The SMILES string of the molecule is C[C@H](NC(=O)C12CC3CC(CC(C3)C1)C2)C(=O)OCC(=O)N[C@@H]1CCS(=O)(=O)C1. The van der Waals surface area contributed by atoms with Crippen LogP contribution in [0, 0.1) is 23.2 Å². The average Bonchev–Trinajstić information content (AvgIpc) is 2.96. The number of hydrogen-bond acceptors (Lipinski definition) is 6. The molecule has 8 nitrogen and oxygen atoms in total. The van der Waals surface area contributed by atoms with Crippen LogP contribution in [0.2, 0.25) is 0 Å². The number of ether oxygens (including phenoxy) is 1. The van der Waals surface area contributed by atoms with Crippen LogP contribution in [-0.2, 0) is 29.0 Å². The van der Waals surface area contributed by atoms with Crippen LogP contribution in [0.3, 0.4) is 0 Å². The van der Waals surface area contributed by atoms with E-state index in [-0.39, 0.29) is 22.8 Å². The van der Waals surface area contributed by atoms with Crippen LogP contribution < -0.4 is 10.6 Å². The Kier molecular flexibility index (Phi) is 5.38. The summed E-state index contributed by atoms with van der Waals surface area (Å²) in [7, 11) is -3.09. The highest BCUT2D eigenvalue weighted by atomic mass is 32.2. The molecule has 1 heterocycles. The molecule has 9 heteroatoms. The monoisotopic (exact) mass is 426 g/mol. The second kappa shape index (κ2) is 7.56. The smallest absolute Gasteiger partial charge is 0.328 e. The third kappa shape index (κ3) is 4.44. The molecule has 5 rings (SSSR count). The minimum absolute atomic E-state index is 0.0540. The zero-order valence-electron chi connectivity index (χ0n) is 16.8. The zero-order chi connectivity index (χ0) is 20.8. The van der Waals surface area contributed by atoms with E-state index in [4.69, 9.17) is 4.74 Å². The van der Waals surface area contributed by atoms with E-state index in [0.717, 1.165) is 19.3 Å². The number of hydrogen-bond donors (Lipinski definition) is 2. The van der Waals surface area contributed by atoms with E-state index in [9.17, 15) is 22.8 Å². The molecule has 4 bridgehead atoms. The summed E-state index contributed by atoms with van der Waals surface area (Å²) >= 11 is 0. The normalized spacial score (nSPS) is 37.7. The van der Waals surface area contributed by atoms with Crippen molar-refractivity contribution in [3.63, 3.8) is 0 Å². The van der Waals surface area contributed by atoms with Gasteiger partial charge in [-0.25, -0.2) is 13.2 Å². The van der Waals surface area contributed by atoms with Gasteiger partial charge in [-0.3, -0.25) is 9.59 Å². The molecule has 29 heavy (non-hydrogen) atoms. The van der Waals surface area contributed by atoms with Gasteiger partial charge in [-0.2, -0.15) is 0 Å². The number of nitrogens with one attached hydrogen (secondary N) is 2. The maximum atomic E-state index is 13.0. The van der Waals surface area contributed by atoms with Crippen molar-refractivity contribution in [2.45, 2.75) is 64.0 Å². The van der Waals surface area contributed by atoms with Crippen LogP contribution in [0.25, 0.3) is 0 Å². The Labute approximate surface area is 171 Å². The number of rotatable bonds is 6. The van der Waals surface area contributed by atoms with Gasteiger partial charge in [-0.05, 0) is 69.6 Å². The second-order valence-electron chi connectivity index (χ2n) is 9.67. The summed E-state index contributed by atoms with van der Waals surface area (Å²) < 4.78 is 27.9. The van der Waals surface area contributed by atoms with Gasteiger partial charge in [-0.15, -0.1) is 0 Å². The van der Waals surface area contributed by atoms with Crippen molar-refractivity contribution in [2.24, 2.45) is 23.2 Å². The van der Waals surface area contributed by atoms with Crippen molar-refractivity contribution in [3.05, 3.63) is 0 Å². The average molecular weight is 427 g/mol.